The van der Waals surface area contributed by atoms with Crippen molar-refractivity contribution in [3.63, 3.8) is 0 Å². The molecular formula is C8H14S5. The number of rotatable bonds is 2. The fourth-order valence-corrected chi connectivity index (χ4v) is 10.3. The van der Waals surface area contributed by atoms with Crippen LogP contribution in [0, 0.1) is 0 Å². The Hall–Kier alpha value is 1.75. The van der Waals surface area contributed by atoms with Gasteiger partial charge in [0.25, 0.3) is 0 Å². The van der Waals surface area contributed by atoms with E-state index in [0.717, 1.165) is 7.83 Å². The molecule has 2 rings (SSSR count). The van der Waals surface area contributed by atoms with Crippen molar-refractivity contribution in [2.45, 2.75) is 20.7 Å². The zero-order valence-electron chi connectivity index (χ0n) is 7.44. The highest BCUT2D eigenvalue weighted by Gasteiger charge is 2.22. The lowest BCUT2D eigenvalue weighted by Crippen LogP contribution is -2.09. The average Bonchev–Trinajstić information content (AvgIpc) is 2.21. The third-order valence-electron chi connectivity index (χ3n) is 1.82. The van der Waals surface area contributed by atoms with E-state index in [2.05, 4.69) is 58.8 Å². The van der Waals surface area contributed by atoms with E-state index in [4.69, 9.17) is 0 Å². The number of thioether (sulfide) groups is 5. The second-order valence-corrected chi connectivity index (χ2v) is 10.8. The van der Waals surface area contributed by atoms with E-state index in [1.807, 2.05) is 0 Å². The van der Waals surface area contributed by atoms with E-state index < -0.39 is 0 Å². The highest BCUT2D eigenvalue weighted by atomic mass is 32.3. The molecule has 13 heavy (non-hydrogen) atoms. The predicted octanol–water partition coefficient (Wildman–Crippen LogP) is 4.03. The summed E-state index contributed by atoms with van der Waals surface area (Å²) in [4.78, 5) is 0. The van der Waals surface area contributed by atoms with Gasteiger partial charge in [0.05, 0.1) is 7.83 Å². The fourth-order valence-electron chi connectivity index (χ4n) is 1.18. The molecule has 0 saturated carbocycles. The maximum absolute atomic E-state index is 2.19. The lowest BCUT2D eigenvalue weighted by molar-refractivity contribution is 1.11. The van der Waals surface area contributed by atoms with Crippen LogP contribution in [0.1, 0.15) is 12.8 Å². The molecule has 0 bridgehead atoms. The molecule has 0 amide bonds. The van der Waals surface area contributed by atoms with Crippen LogP contribution in [0.25, 0.3) is 0 Å². The molecule has 2 heterocycles. The van der Waals surface area contributed by atoms with Crippen molar-refractivity contribution in [3.05, 3.63) is 0 Å². The van der Waals surface area contributed by atoms with Crippen LogP contribution in [0.4, 0.5) is 0 Å². The average molecular weight is 271 g/mol. The van der Waals surface area contributed by atoms with Crippen LogP contribution in [0.3, 0.4) is 0 Å². The Morgan fingerprint density at radius 3 is 1.46 bits per heavy atom. The monoisotopic (exact) mass is 270 g/mol. The second-order valence-electron chi connectivity index (χ2n) is 2.90. The van der Waals surface area contributed by atoms with Gasteiger partial charge < -0.3 is 0 Å². The van der Waals surface area contributed by atoms with Gasteiger partial charge in [0.1, 0.15) is 0 Å². The largest absolute Gasteiger partial charge is 0.137 e. The summed E-state index contributed by atoms with van der Waals surface area (Å²) in [6.45, 7) is 0. The summed E-state index contributed by atoms with van der Waals surface area (Å²) in [7, 11) is 0. The summed E-state index contributed by atoms with van der Waals surface area (Å²) >= 11 is 10.8. The lowest BCUT2D eigenvalue weighted by Gasteiger charge is -2.26. The first kappa shape index (κ1) is 11.2. The van der Waals surface area contributed by atoms with Gasteiger partial charge in [0, 0.05) is 0 Å². The van der Waals surface area contributed by atoms with Gasteiger partial charge in [0.2, 0.25) is 0 Å². The normalized spacial score (nSPS) is 27.7. The SMILES string of the molecule is C1CSC(SC2SCCCS2)SC1. The van der Waals surface area contributed by atoms with E-state index in [9.17, 15) is 0 Å². The first-order chi connectivity index (χ1) is 6.45. The molecule has 0 radical (unpaired) electrons. The van der Waals surface area contributed by atoms with Gasteiger partial charge >= 0.3 is 0 Å². The molecule has 2 fully saturated rings. The number of hydrogen-bond donors (Lipinski definition) is 0. The Kier molecular flexibility index (Phi) is 5.50. The lowest BCUT2D eigenvalue weighted by atomic mass is 10.6. The Labute approximate surface area is 102 Å². The third-order valence-corrected chi connectivity index (χ3v) is 10.0. The Morgan fingerprint density at radius 2 is 1.08 bits per heavy atom. The molecule has 0 atom stereocenters. The second kappa shape index (κ2) is 6.36. The van der Waals surface area contributed by atoms with Gasteiger partial charge in [-0.3, -0.25) is 0 Å². The molecule has 0 aliphatic carbocycles. The topological polar surface area (TPSA) is 0 Å². The summed E-state index contributed by atoms with van der Waals surface area (Å²) in [5.41, 5.74) is 0. The minimum Gasteiger partial charge on any atom is -0.137 e. The molecule has 0 aromatic heterocycles. The summed E-state index contributed by atoms with van der Waals surface area (Å²) in [5, 5.41) is 0. The van der Waals surface area contributed by atoms with Crippen LogP contribution in [0.15, 0.2) is 0 Å². The minimum atomic E-state index is 0.830. The summed E-state index contributed by atoms with van der Waals surface area (Å²) < 4.78 is 1.66. The zero-order valence-corrected chi connectivity index (χ0v) is 11.5. The predicted molar refractivity (Wildman–Crippen MR) is 74.2 cm³/mol. The molecule has 0 nitrogen and oxygen atoms in total. The van der Waals surface area contributed by atoms with Gasteiger partial charge in [-0.1, -0.05) is 0 Å². The maximum Gasteiger partial charge on any atom is 0.0975 e. The molecule has 2 aliphatic rings. The maximum atomic E-state index is 2.19. The Balaban J connectivity index is 1.69. The van der Waals surface area contributed by atoms with Crippen molar-refractivity contribution in [1.82, 2.24) is 0 Å². The van der Waals surface area contributed by atoms with Gasteiger partial charge in [-0.15, -0.1) is 58.8 Å². The summed E-state index contributed by atoms with van der Waals surface area (Å²) in [6.07, 6.45) is 2.83. The summed E-state index contributed by atoms with van der Waals surface area (Å²) in [5.74, 6) is 5.53. The molecular weight excluding hydrogens is 256 g/mol. The third kappa shape index (κ3) is 4.01. The van der Waals surface area contributed by atoms with E-state index in [0.29, 0.717) is 0 Å². The molecule has 0 aromatic rings. The fraction of sp³-hybridized carbons (Fsp3) is 1.00. The van der Waals surface area contributed by atoms with Crippen molar-refractivity contribution in [2.75, 3.05) is 23.0 Å². The standard InChI is InChI=1S/C8H14S5/c1-3-9-7(10-4-1)13-8-11-5-2-6-12-8/h7-8H,1-6H2. The van der Waals surface area contributed by atoms with Crippen LogP contribution in [-0.2, 0) is 0 Å². The molecule has 2 saturated heterocycles. The van der Waals surface area contributed by atoms with Gasteiger partial charge in [-0.25, -0.2) is 0 Å². The molecule has 2 aliphatic heterocycles. The quantitative estimate of drug-likeness (QED) is 0.741. The van der Waals surface area contributed by atoms with Crippen LogP contribution in [0.5, 0.6) is 0 Å². The van der Waals surface area contributed by atoms with E-state index in [-0.39, 0.29) is 0 Å². The Morgan fingerprint density at radius 1 is 0.692 bits per heavy atom. The smallest absolute Gasteiger partial charge is 0.0975 e. The van der Waals surface area contributed by atoms with Gasteiger partial charge in [0.15, 0.2) is 0 Å². The highest BCUT2D eigenvalue weighted by molar-refractivity contribution is 8.41. The van der Waals surface area contributed by atoms with E-state index in [1.54, 1.807) is 0 Å². The van der Waals surface area contributed by atoms with Crippen LogP contribution in [0.2, 0.25) is 0 Å². The van der Waals surface area contributed by atoms with Crippen LogP contribution < -0.4 is 0 Å². The van der Waals surface area contributed by atoms with Crippen molar-refractivity contribution in [3.8, 4) is 0 Å². The Bertz CT molecular complexity index is 123. The van der Waals surface area contributed by atoms with Crippen molar-refractivity contribution in [2.24, 2.45) is 0 Å². The van der Waals surface area contributed by atoms with E-state index in [1.165, 1.54) is 35.9 Å². The molecule has 0 N–H and O–H groups in total. The molecule has 0 spiro atoms. The zero-order chi connectivity index (χ0) is 8.93. The summed E-state index contributed by atoms with van der Waals surface area (Å²) in [6, 6.07) is 0. The van der Waals surface area contributed by atoms with Crippen molar-refractivity contribution in [1.29, 1.82) is 0 Å². The molecule has 0 unspecified atom stereocenters. The highest BCUT2D eigenvalue weighted by Crippen LogP contribution is 2.48. The molecule has 0 aromatic carbocycles. The first-order valence-electron chi connectivity index (χ1n) is 4.57. The van der Waals surface area contributed by atoms with Gasteiger partial charge in [-0.2, -0.15) is 0 Å². The minimum absolute atomic E-state index is 0.830. The van der Waals surface area contributed by atoms with E-state index >= 15 is 0 Å². The molecule has 76 valence electrons. The van der Waals surface area contributed by atoms with Crippen molar-refractivity contribution < 1.29 is 0 Å². The van der Waals surface area contributed by atoms with Gasteiger partial charge in [-0.05, 0) is 35.9 Å². The van der Waals surface area contributed by atoms with Crippen LogP contribution >= 0.6 is 58.8 Å². The number of hydrogen-bond acceptors (Lipinski definition) is 5. The van der Waals surface area contributed by atoms with Crippen molar-refractivity contribution >= 4 is 58.8 Å². The van der Waals surface area contributed by atoms with Crippen LogP contribution in [-0.4, -0.2) is 30.8 Å². The molecule has 5 heteroatoms. The first-order valence-corrected chi connectivity index (χ1v) is 9.71.